The van der Waals surface area contributed by atoms with Crippen LogP contribution in [0.2, 0.25) is 0 Å². The molecule has 2 aromatic rings. The van der Waals surface area contributed by atoms with E-state index in [0.717, 1.165) is 16.7 Å². The van der Waals surface area contributed by atoms with Crippen molar-refractivity contribution in [3.05, 3.63) is 59.7 Å². The number of nitrogens with one attached hydrogen (secondary N) is 2. The highest BCUT2D eigenvalue weighted by atomic mass is 32.2. The van der Waals surface area contributed by atoms with E-state index in [2.05, 4.69) is 5.32 Å². The fourth-order valence-electron chi connectivity index (χ4n) is 2.72. The third-order valence-corrected chi connectivity index (χ3v) is 6.46. The summed E-state index contributed by atoms with van der Waals surface area (Å²) in [6.45, 7) is 4.37. The van der Waals surface area contributed by atoms with E-state index in [0.29, 0.717) is 19.6 Å². The van der Waals surface area contributed by atoms with Gasteiger partial charge in [-0.2, -0.15) is 8.78 Å². The van der Waals surface area contributed by atoms with Gasteiger partial charge in [0.05, 0.1) is 18.4 Å². The highest BCUT2D eigenvalue weighted by Gasteiger charge is 2.33. The van der Waals surface area contributed by atoms with E-state index in [1.54, 1.807) is 19.1 Å². The third-order valence-electron chi connectivity index (χ3n) is 4.67. The second-order valence-electron chi connectivity index (χ2n) is 7.29. The van der Waals surface area contributed by atoms with Gasteiger partial charge in [-0.1, -0.05) is 48.5 Å². The van der Waals surface area contributed by atoms with Crippen LogP contribution in [0.3, 0.4) is 0 Å². The van der Waals surface area contributed by atoms with Crippen LogP contribution in [0.5, 0.6) is 0 Å². The molecule has 170 valence electrons. The molecule has 0 fully saturated rings. The zero-order chi connectivity index (χ0) is 23.1. The summed E-state index contributed by atoms with van der Waals surface area (Å²) in [4.78, 5) is 11.3. The standard InChI is InChI=1S/C22H28F2N2O4S/c1-4-30-21(27)25-14-13-17-5-7-18(8-6-17)19-9-11-20(12-10-19)22(23,24)15-26-31(28,29)16(2)3/h5-12,16,26H,4,13-15H2,1-3H3,(H,25,27). The van der Waals surface area contributed by atoms with Gasteiger partial charge < -0.3 is 10.1 Å². The summed E-state index contributed by atoms with van der Waals surface area (Å²) in [5, 5.41) is 1.87. The van der Waals surface area contributed by atoms with Crippen LogP contribution in [0.1, 0.15) is 31.9 Å². The van der Waals surface area contributed by atoms with Crippen LogP contribution < -0.4 is 10.0 Å². The number of alkyl carbamates (subject to hydrolysis) is 1. The Kier molecular flexibility index (Phi) is 8.52. The Morgan fingerprint density at radius 1 is 1.03 bits per heavy atom. The van der Waals surface area contributed by atoms with E-state index in [1.165, 1.54) is 26.0 Å². The molecule has 0 aliphatic carbocycles. The molecule has 0 atom stereocenters. The molecule has 0 heterocycles. The van der Waals surface area contributed by atoms with E-state index in [4.69, 9.17) is 4.74 Å². The first-order valence-corrected chi connectivity index (χ1v) is 11.6. The van der Waals surface area contributed by atoms with Gasteiger partial charge in [-0.25, -0.2) is 17.9 Å². The Morgan fingerprint density at radius 3 is 2.10 bits per heavy atom. The van der Waals surface area contributed by atoms with Crippen molar-refractivity contribution in [2.24, 2.45) is 0 Å². The molecule has 0 spiro atoms. The molecule has 0 aliphatic heterocycles. The maximum Gasteiger partial charge on any atom is 0.407 e. The van der Waals surface area contributed by atoms with Gasteiger partial charge in [-0.05, 0) is 43.9 Å². The minimum atomic E-state index is -3.77. The van der Waals surface area contributed by atoms with Crippen molar-refractivity contribution in [3.63, 3.8) is 0 Å². The monoisotopic (exact) mass is 454 g/mol. The summed E-state index contributed by atoms with van der Waals surface area (Å²) in [6.07, 6.45) is 0.185. The average molecular weight is 455 g/mol. The number of rotatable bonds is 10. The number of hydrogen-bond donors (Lipinski definition) is 2. The molecule has 0 saturated heterocycles. The normalized spacial score (nSPS) is 12.1. The lowest BCUT2D eigenvalue weighted by Crippen LogP contribution is -2.38. The smallest absolute Gasteiger partial charge is 0.407 e. The summed E-state index contributed by atoms with van der Waals surface area (Å²) >= 11 is 0. The molecular formula is C22H28F2N2O4S. The predicted molar refractivity (Wildman–Crippen MR) is 117 cm³/mol. The predicted octanol–water partition coefficient (Wildman–Crippen LogP) is 4.06. The third kappa shape index (κ3) is 7.29. The van der Waals surface area contributed by atoms with Crippen LogP contribution >= 0.6 is 0 Å². The van der Waals surface area contributed by atoms with Gasteiger partial charge in [0, 0.05) is 12.1 Å². The van der Waals surface area contributed by atoms with Crippen LogP contribution in [-0.2, 0) is 27.1 Å². The number of alkyl halides is 2. The van der Waals surface area contributed by atoms with Crippen molar-refractivity contribution in [1.29, 1.82) is 0 Å². The van der Waals surface area contributed by atoms with Crippen molar-refractivity contribution >= 4 is 16.1 Å². The second-order valence-corrected chi connectivity index (χ2v) is 9.61. The fourth-order valence-corrected chi connectivity index (χ4v) is 3.44. The van der Waals surface area contributed by atoms with E-state index in [-0.39, 0.29) is 5.56 Å². The van der Waals surface area contributed by atoms with Crippen molar-refractivity contribution in [3.8, 4) is 11.1 Å². The molecule has 0 bridgehead atoms. The topological polar surface area (TPSA) is 84.5 Å². The van der Waals surface area contributed by atoms with Crippen LogP contribution in [0.25, 0.3) is 11.1 Å². The number of sulfonamides is 1. The Balaban J connectivity index is 1.98. The van der Waals surface area contributed by atoms with Crippen LogP contribution in [0, 0.1) is 0 Å². The summed E-state index contributed by atoms with van der Waals surface area (Å²) < 4.78 is 59.0. The second kappa shape index (κ2) is 10.7. The van der Waals surface area contributed by atoms with Gasteiger partial charge in [-0.3, -0.25) is 0 Å². The summed E-state index contributed by atoms with van der Waals surface area (Å²) in [6, 6.07) is 13.3. The maximum atomic E-state index is 14.4. The highest BCUT2D eigenvalue weighted by molar-refractivity contribution is 7.90. The van der Waals surface area contributed by atoms with E-state index < -0.39 is 33.8 Å². The minimum absolute atomic E-state index is 0.260. The van der Waals surface area contributed by atoms with Gasteiger partial charge in [0.15, 0.2) is 0 Å². The highest BCUT2D eigenvalue weighted by Crippen LogP contribution is 2.30. The molecule has 6 nitrogen and oxygen atoms in total. The number of benzene rings is 2. The Labute approximate surface area is 182 Å². The average Bonchev–Trinajstić information content (AvgIpc) is 2.73. The molecular weight excluding hydrogens is 426 g/mol. The van der Waals surface area contributed by atoms with E-state index in [9.17, 15) is 22.0 Å². The van der Waals surface area contributed by atoms with E-state index in [1.807, 2.05) is 29.0 Å². The first kappa shape index (κ1) is 24.7. The number of hydrogen-bond acceptors (Lipinski definition) is 4. The number of ether oxygens (including phenoxy) is 1. The molecule has 0 unspecified atom stereocenters. The maximum absolute atomic E-state index is 14.4. The van der Waals surface area contributed by atoms with Crippen LogP contribution in [-0.4, -0.2) is 39.5 Å². The summed E-state index contributed by atoms with van der Waals surface area (Å²) in [5.74, 6) is -3.32. The lowest BCUT2D eigenvalue weighted by molar-refractivity contribution is 0.00207. The zero-order valence-electron chi connectivity index (χ0n) is 17.8. The van der Waals surface area contributed by atoms with Crippen molar-refractivity contribution in [1.82, 2.24) is 10.0 Å². The summed E-state index contributed by atoms with van der Waals surface area (Å²) in [5.41, 5.74) is 2.38. The van der Waals surface area contributed by atoms with Gasteiger partial charge in [0.25, 0.3) is 5.92 Å². The molecule has 0 aliphatic rings. The molecule has 9 heteroatoms. The van der Waals surface area contributed by atoms with Crippen molar-refractivity contribution in [2.75, 3.05) is 19.7 Å². The molecule has 0 radical (unpaired) electrons. The van der Waals surface area contributed by atoms with Crippen molar-refractivity contribution in [2.45, 2.75) is 38.4 Å². The molecule has 31 heavy (non-hydrogen) atoms. The van der Waals surface area contributed by atoms with Gasteiger partial charge in [0.2, 0.25) is 10.0 Å². The number of carbonyl (C=O) groups excluding carboxylic acids is 1. The van der Waals surface area contributed by atoms with Gasteiger partial charge in [0.1, 0.15) is 0 Å². The van der Waals surface area contributed by atoms with Gasteiger partial charge in [-0.15, -0.1) is 0 Å². The molecule has 2 N–H and O–H groups in total. The molecule has 2 aromatic carbocycles. The number of halogens is 2. The van der Waals surface area contributed by atoms with Crippen LogP contribution in [0.4, 0.5) is 13.6 Å². The molecule has 0 saturated carbocycles. The first-order valence-electron chi connectivity index (χ1n) is 10.0. The van der Waals surface area contributed by atoms with Crippen molar-refractivity contribution < 1.29 is 26.7 Å². The summed E-state index contributed by atoms with van der Waals surface area (Å²) in [7, 11) is -3.77. The van der Waals surface area contributed by atoms with E-state index >= 15 is 0 Å². The number of amides is 1. The Morgan fingerprint density at radius 2 is 1.58 bits per heavy atom. The zero-order valence-corrected chi connectivity index (χ0v) is 18.6. The molecule has 0 aromatic heterocycles. The lowest BCUT2D eigenvalue weighted by atomic mass is 10.00. The quantitative estimate of drug-likeness (QED) is 0.567. The minimum Gasteiger partial charge on any atom is -0.450 e. The van der Waals surface area contributed by atoms with Gasteiger partial charge >= 0.3 is 6.09 Å². The fraction of sp³-hybridized carbons (Fsp3) is 0.409. The largest absolute Gasteiger partial charge is 0.450 e. The Bertz CT molecular complexity index is 960. The SMILES string of the molecule is CCOC(=O)NCCc1ccc(-c2ccc(C(F)(F)CNS(=O)(=O)C(C)C)cc2)cc1. The Hall–Kier alpha value is -2.52. The molecule has 2 rings (SSSR count). The molecule has 1 amide bonds. The van der Waals surface area contributed by atoms with Crippen LogP contribution in [0.15, 0.2) is 48.5 Å². The first-order chi connectivity index (χ1) is 14.5. The lowest BCUT2D eigenvalue weighted by Gasteiger charge is -2.19. The number of carbonyl (C=O) groups is 1.